The van der Waals surface area contributed by atoms with Crippen LogP contribution < -0.4 is 10.6 Å². The number of anilines is 3. The summed E-state index contributed by atoms with van der Waals surface area (Å²) >= 11 is 0. The third-order valence-electron chi connectivity index (χ3n) is 2.39. The zero-order valence-electron chi connectivity index (χ0n) is 10.2. The van der Waals surface area contributed by atoms with Crippen molar-refractivity contribution in [3.63, 3.8) is 0 Å². The van der Waals surface area contributed by atoms with Gasteiger partial charge in [0.15, 0.2) is 11.6 Å². The molecule has 0 heterocycles. The second kappa shape index (κ2) is 5.48. The molecule has 98 valence electrons. The van der Waals surface area contributed by atoms with Crippen LogP contribution in [0, 0.1) is 11.6 Å². The van der Waals surface area contributed by atoms with Gasteiger partial charge in [-0.1, -0.05) is 6.07 Å². The standard InChI is InChI=1S/C14H12F2N2O/c1-9(19)17-10-3-2-4-11(7-10)18-12-5-6-13(15)14(16)8-12/h2-8,18H,1H3,(H,17,19). The normalized spacial score (nSPS) is 10.1. The maximum atomic E-state index is 13.1. The van der Waals surface area contributed by atoms with E-state index in [0.717, 1.165) is 12.1 Å². The molecule has 2 rings (SSSR count). The minimum Gasteiger partial charge on any atom is -0.355 e. The number of rotatable bonds is 3. The number of halogens is 2. The summed E-state index contributed by atoms with van der Waals surface area (Å²) in [5.41, 5.74) is 1.72. The molecular weight excluding hydrogens is 250 g/mol. The Kier molecular flexibility index (Phi) is 3.75. The molecule has 3 nitrogen and oxygen atoms in total. The van der Waals surface area contributed by atoms with E-state index in [4.69, 9.17) is 0 Å². The molecule has 0 atom stereocenters. The Labute approximate surface area is 109 Å². The first-order chi connectivity index (χ1) is 9.04. The van der Waals surface area contributed by atoms with Crippen LogP contribution in [0.15, 0.2) is 42.5 Å². The van der Waals surface area contributed by atoms with Crippen molar-refractivity contribution in [2.24, 2.45) is 0 Å². The van der Waals surface area contributed by atoms with Crippen molar-refractivity contribution in [1.29, 1.82) is 0 Å². The van der Waals surface area contributed by atoms with Crippen molar-refractivity contribution in [1.82, 2.24) is 0 Å². The average Bonchev–Trinajstić information content (AvgIpc) is 2.33. The third kappa shape index (κ3) is 3.51. The molecule has 0 bridgehead atoms. The van der Waals surface area contributed by atoms with Gasteiger partial charge in [-0.05, 0) is 30.3 Å². The lowest BCUT2D eigenvalue weighted by molar-refractivity contribution is -0.114. The molecule has 0 saturated heterocycles. The third-order valence-corrected chi connectivity index (χ3v) is 2.39. The zero-order chi connectivity index (χ0) is 13.8. The molecule has 19 heavy (non-hydrogen) atoms. The van der Waals surface area contributed by atoms with Crippen LogP contribution in [0.2, 0.25) is 0 Å². The first-order valence-corrected chi connectivity index (χ1v) is 5.64. The van der Waals surface area contributed by atoms with Gasteiger partial charge in [-0.3, -0.25) is 4.79 Å². The maximum Gasteiger partial charge on any atom is 0.221 e. The lowest BCUT2D eigenvalue weighted by Gasteiger charge is -2.09. The molecule has 0 spiro atoms. The van der Waals surface area contributed by atoms with Gasteiger partial charge < -0.3 is 10.6 Å². The monoisotopic (exact) mass is 262 g/mol. The van der Waals surface area contributed by atoms with Crippen molar-refractivity contribution in [3.05, 3.63) is 54.1 Å². The van der Waals surface area contributed by atoms with E-state index in [2.05, 4.69) is 10.6 Å². The SMILES string of the molecule is CC(=O)Nc1cccc(Nc2ccc(F)c(F)c2)c1. The highest BCUT2D eigenvalue weighted by Crippen LogP contribution is 2.21. The first kappa shape index (κ1) is 13.0. The van der Waals surface area contributed by atoms with Crippen LogP contribution in [0.5, 0.6) is 0 Å². The highest BCUT2D eigenvalue weighted by molar-refractivity contribution is 5.89. The summed E-state index contributed by atoms with van der Waals surface area (Å²) < 4.78 is 25.9. The van der Waals surface area contributed by atoms with E-state index in [-0.39, 0.29) is 5.91 Å². The molecule has 0 aromatic heterocycles. The van der Waals surface area contributed by atoms with Gasteiger partial charge in [-0.15, -0.1) is 0 Å². The Morgan fingerprint density at radius 3 is 2.32 bits per heavy atom. The molecule has 2 N–H and O–H groups in total. The van der Waals surface area contributed by atoms with Crippen molar-refractivity contribution in [3.8, 4) is 0 Å². The predicted octanol–water partition coefficient (Wildman–Crippen LogP) is 3.67. The van der Waals surface area contributed by atoms with Gasteiger partial charge in [-0.2, -0.15) is 0 Å². The lowest BCUT2D eigenvalue weighted by Crippen LogP contribution is -2.05. The van der Waals surface area contributed by atoms with Gasteiger partial charge in [0.05, 0.1) is 0 Å². The second-order valence-corrected chi connectivity index (χ2v) is 4.02. The fourth-order valence-corrected chi connectivity index (χ4v) is 1.62. The minimum atomic E-state index is -0.914. The van der Waals surface area contributed by atoms with Crippen molar-refractivity contribution >= 4 is 23.0 Å². The molecule has 0 aliphatic rings. The number of hydrogen-bond donors (Lipinski definition) is 2. The van der Waals surface area contributed by atoms with E-state index in [1.165, 1.54) is 13.0 Å². The van der Waals surface area contributed by atoms with E-state index in [1.807, 2.05) is 0 Å². The smallest absolute Gasteiger partial charge is 0.221 e. The van der Waals surface area contributed by atoms with Gasteiger partial charge in [0, 0.05) is 30.1 Å². The largest absolute Gasteiger partial charge is 0.355 e. The van der Waals surface area contributed by atoms with Gasteiger partial charge in [0.1, 0.15) is 0 Å². The molecule has 0 aliphatic heterocycles. The maximum absolute atomic E-state index is 13.1. The molecule has 0 radical (unpaired) electrons. The summed E-state index contributed by atoms with van der Waals surface area (Å²) in [7, 11) is 0. The summed E-state index contributed by atoms with van der Waals surface area (Å²) in [6.45, 7) is 1.41. The molecule has 2 aromatic carbocycles. The molecular formula is C14H12F2N2O. The summed E-state index contributed by atoms with van der Waals surface area (Å²) in [6, 6.07) is 10.5. The van der Waals surface area contributed by atoms with E-state index in [9.17, 15) is 13.6 Å². The van der Waals surface area contributed by atoms with Crippen LogP contribution in [0.25, 0.3) is 0 Å². The molecule has 1 amide bonds. The number of carbonyl (C=O) groups excluding carboxylic acids is 1. The van der Waals surface area contributed by atoms with E-state index in [0.29, 0.717) is 17.1 Å². The lowest BCUT2D eigenvalue weighted by atomic mass is 10.2. The van der Waals surface area contributed by atoms with Crippen molar-refractivity contribution in [2.45, 2.75) is 6.92 Å². The molecule has 0 saturated carbocycles. The van der Waals surface area contributed by atoms with Crippen LogP contribution in [0.3, 0.4) is 0 Å². The Bertz CT molecular complexity index is 614. The van der Waals surface area contributed by atoms with Crippen molar-refractivity contribution in [2.75, 3.05) is 10.6 Å². The number of benzene rings is 2. The minimum absolute atomic E-state index is 0.176. The number of amides is 1. The fraction of sp³-hybridized carbons (Fsp3) is 0.0714. The molecule has 2 aromatic rings. The van der Waals surface area contributed by atoms with Crippen LogP contribution >= 0.6 is 0 Å². The molecule has 0 fully saturated rings. The Morgan fingerprint density at radius 2 is 1.63 bits per heavy atom. The second-order valence-electron chi connectivity index (χ2n) is 4.02. The first-order valence-electron chi connectivity index (χ1n) is 5.64. The molecule has 5 heteroatoms. The predicted molar refractivity (Wildman–Crippen MR) is 70.4 cm³/mol. The highest BCUT2D eigenvalue weighted by Gasteiger charge is 2.03. The van der Waals surface area contributed by atoms with E-state index in [1.54, 1.807) is 24.3 Å². The quantitative estimate of drug-likeness (QED) is 0.886. The average molecular weight is 262 g/mol. The van der Waals surface area contributed by atoms with E-state index < -0.39 is 11.6 Å². The number of carbonyl (C=O) groups is 1. The zero-order valence-corrected chi connectivity index (χ0v) is 10.2. The Balaban J connectivity index is 2.18. The van der Waals surface area contributed by atoms with Gasteiger partial charge >= 0.3 is 0 Å². The summed E-state index contributed by atoms with van der Waals surface area (Å²) in [6.07, 6.45) is 0. The molecule has 0 unspecified atom stereocenters. The van der Waals surface area contributed by atoms with Crippen LogP contribution in [-0.4, -0.2) is 5.91 Å². The van der Waals surface area contributed by atoms with Gasteiger partial charge in [0.2, 0.25) is 5.91 Å². The number of nitrogens with one attached hydrogen (secondary N) is 2. The number of hydrogen-bond acceptors (Lipinski definition) is 2. The summed E-state index contributed by atoms with van der Waals surface area (Å²) in [5.74, 6) is -1.98. The topological polar surface area (TPSA) is 41.1 Å². The Hall–Kier alpha value is -2.43. The summed E-state index contributed by atoms with van der Waals surface area (Å²) in [4.78, 5) is 10.9. The molecule has 0 aliphatic carbocycles. The van der Waals surface area contributed by atoms with Crippen LogP contribution in [-0.2, 0) is 4.79 Å². The summed E-state index contributed by atoms with van der Waals surface area (Å²) in [5, 5.41) is 5.57. The van der Waals surface area contributed by atoms with Crippen LogP contribution in [0.1, 0.15) is 6.92 Å². The highest BCUT2D eigenvalue weighted by atomic mass is 19.2. The van der Waals surface area contributed by atoms with Crippen molar-refractivity contribution < 1.29 is 13.6 Å². The van der Waals surface area contributed by atoms with Gasteiger partial charge in [-0.25, -0.2) is 8.78 Å². The Morgan fingerprint density at radius 1 is 0.947 bits per heavy atom. The fourth-order valence-electron chi connectivity index (χ4n) is 1.62. The van der Waals surface area contributed by atoms with E-state index >= 15 is 0 Å². The van der Waals surface area contributed by atoms with Gasteiger partial charge in [0.25, 0.3) is 0 Å². The van der Waals surface area contributed by atoms with Crippen LogP contribution in [0.4, 0.5) is 25.8 Å².